The monoisotopic (exact) mass is 414 g/mol. The van der Waals surface area contributed by atoms with Crippen LogP contribution in [0.25, 0.3) is 0 Å². The number of aryl methyl sites for hydroxylation is 3. The molecule has 5 nitrogen and oxygen atoms in total. The van der Waals surface area contributed by atoms with Crippen molar-refractivity contribution in [2.45, 2.75) is 82.3 Å². The van der Waals surface area contributed by atoms with Crippen molar-refractivity contribution in [2.24, 2.45) is 5.73 Å². The molecule has 3 aliphatic rings. The Morgan fingerprint density at radius 3 is 2.31 bits per heavy atom. The summed E-state index contributed by atoms with van der Waals surface area (Å²) in [5.41, 5.74) is 12.2. The number of anilines is 1. The molecule has 156 valence electrons. The fourth-order valence-electron chi connectivity index (χ4n) is 4.86. The lowest BCUT2D eigenvalue weighted by Crippen LogP contribution is -2.25. The number of carbonyl (C=O) groups excluding carboxylic acids is 1. The maximum atomic E-state index is 10.6. The molecule has 1 unspecified atom stereocenters. The molecule has 0 radical (unpaired) electrons. The molecule has 6 heteroatoms. The van der Waals surface area contributed by atoms with E-state index in [0.29, 0.717) is 0 Å². The number of fused-ring (bicyclic) bond motifs is 3. The number of furan rings is 1. The molecule has 1 atom stereocenters. The number of hydrogen-bond acceptors (Lipinski definition) is 5. The fourth-order valence-corrected chi connectivity index (χ4v) is 5.63. The van der Waals surface area contributed by atoms with E-state index in [2.05, 4.69) is 16.5 Å². The normalized spacial score (nSPS) is 21.6. The van der Waals surface area contributed by atoms with Gasteiger partial charge in [-0.1, -0.05) is 6.07 Å². The zero-order valence-electron chi connectivity index (χ0n) is 17.3. The zero-order valence-corrected chi connectivity index (χ0v) is 18.1. The molecule has 4 N–H and O–H groups in total. The van der Waals surface area contributed by atoms with Crippen LogP contribution in [0.2, 0.25) is 0 Å². The van der Waals surface area contributed by atoms with Gasteiger partial charge in [0.05, 0.1) is 11.3 Å². The highest BCUT2D eigenvalue weighted by atomic mass is 32.2. The summed E-state index contributed by atoms with van der Waals surface area (Å²) in [6.07, 6.45) is 10.1. The van der Waals surface area contributed by atoms with Crippen molar-refractivity contribution < 1.29 is 14.3 Å². The average Bonchev–Trinajstić information content (AvgIpc) is 3.36. The number of nitrogens with two attached hydrogens (primary N) is 1. The van der Waals surface area contributed by atoms with Gasteiger partial charge in [0.2, 0.25) is 5.91 Å². The first-order valence-electron chi connectivity index (χ1n) is 10.6. The lowest BCUT2D eigenvalue weighted by atomic mass is 9.85. The zero-order chi connectivity index (χ0) is 20.6. The third-order valence-electron chi connectivity index (χ3n) is 6.16. The van der Waals surface area contributed by atoms with Crippen LogP contribution in [0.5, 0.6) is 0 Å². The van der Waals surface area contributed by atoms with Crippen LogP contribution in [-0.2, 0) is 42.5 Å². The third-order valence-corrected chi connectivity index (χ3v) is 6.87. The number of benzene rings is 1. The van der Waals surface area contributed by atoms with Gasteiger partial charge in [-0.25, -0.2) is 0 Å². The molecular formula is C23H30N2O3S. The van der Waals surface area contributed by atoms with Gasteiger partial charge in [-0.2, -0.15) is 0 Å². The summed E-state index contributed by atoms with van der Waals surface area (Å²) >= 11 is 1.57. The van der Waals surface area contributed by atoms with E-state index in [9.17, 15) is 9.90 Å². The first-order chi connectivity index (χ1) is 13.8. The molecule has 0 saturated heterocycles. The number of nitrogens with one attached hydrogen (secondary N) is 1. The average molecular weight is 415 g/mol. The highest BCUT2D eigenvalue weighted by molar-refractivity contribution is 8.00. The first-order valence-corrected chi connectivity index (χ1v) is 11.4. The second-order valence-corrected chi connectivity index (χ2v) is 9.39. The van der Waals surface area contributed by atoms with Gasteiger partial charge in [-0.05, 0) is 86.6 Å². The molecule has 0 spiro atoms. The molecule has 0 aliphatic heterocycles. The third kappa shape index (κ3) is 4.19. The quantitative estimate of drug-likeness (QED) is 0.648. The minimum absolute atomic E-state index is 0.333. The summed E-state index contributed by atoms with van der Waals surface area (Å²) in [5.74, 6) is 0.629. The van der Waals surface area contributed by atoms with E-state index in [1.54, 1.807) is 23.1 Å². The molecule has 2 aromatic rings. The Morgan fingerprint density at radius 1 is 1.10 bits per heavy atom. The second-order valence-electron chi connectivity index (χ2n) is 8.58. The maximum absolute atomic E-state index is 10.6. The van der Waals surface area contributed by atoms with Crippen molar-refractivity contribution in [3.8, 4) is 0 Å². The van der Waals surface area contributed by atoms with E-state index in [4.69, 9.17) is 4.42 Å². The van der Waals surface area contributed by atoms with Crippen molar-refractivity contribution in [3.63, 3.8) is 0 Å². The Kier molecular flexibility index (Phi) is 5.67. The number of amides is 1. The number of carbonyl (C=O) groups is 1. The van der Waals surface area contributed by atoms with Gasteiger partial charge >= 0.3 is 0 Å². The number of rotatable bonds is 3. The molecule has 29 heavy (non-hydrogen) atoms. The van der Waals surface area contributed by atoms with E-state index in [0.717, 1.165) is 35.7 Å². The van der Waals surface area contributed by atoms with Crippen molar-refractivity contribution in [1.29, 1.82) is 0 Å². The molecule has 0 fully saturated rings. The Morgan fingerprint density at radius 2 is 1.72 bits per heavy atom. The van der Waals surface area contributed by atoms with Gasteiger partial charge in [0, 0.05) is 30.9 Å². The molecule has 1 heterocycles. The van der Waals surface area contributed by atoms with Gasteiger partial charge in [0.15, 0.2) is 5.09 Å². The van der Waals surface area contributed by atoms with Crippen LogP contribution in [0, 0.1) is 0 Å². The Hall–Kier alpha value is -1.92. The fraction of sp³-hybridized carbons (Fsp3) is 0.522. The topological polar surface area (TPSA) is 88.5 Å². The molecule has 0 bridgehead atoms. The Labute approximate surface area is 176 Å². The smallest absolute Gasteiger partial charge is 0.214 e. The summed E-state index contributed by atoms with van der Waals surface area (Å²) in [6.45, 7) is 3.21. The largest absolute Gasteiger partial charge is 0.453 e. The number of primary amides is 1. The van der Waals surface area contributed by atoms with Gasteiger partial charge in [0.1, 0.15) is 5.76 Å². The van der Waals surface area contributed by atoms with Gasteiger partial charge in [-0.15, -0.1) is 0 Å². The molecular weight excluding hydrogens is 384 g/mol. The first kappa shape index (κ1) is 20.4. The van der Waals surface area contributed by atoms with E-state index in [1.165, 1.54) is 62.3 Å². The SMILES string of the molecule is CC(N)=O.CC1(O)CCCc2oc(SNc3c4c(cc5c3CCC5)CCC4)cc21. The minimum atomic E-state index is -0.745. The van der Waals surface area contributed by atoms with Gasteiger partial charge in [0.25, 0.3) is 0 Å². The lowest BCUT2D eigenvalue weighted by molar-refractivity contribution is -0.115. The highest BCUT2D eigenvalue weighted by Crippen LogP contribution is 2.42. The number of hydrogen-bond donors (Lipinski definition) is 3. The summed E-state index contributed by atoms with van der Waals surface area (Å²) < 4.78 is 9.68. The molecule has 1 aromatic heterocycles. The summed E-state index contributed by atoms with van der Waals surface area (Å²) in [4.78, 5) is 9.22. The van der Waals surface area contributed by atoms with Gasteiger partial charge in [-0.3, -0.25) is 4.79 Å². The number of aliphatic hydroxyl groups is 1. The summed E-state index contributed by atoms with van der Waals surface area (Å²) in [5, 5.41) is 11.5. The standard InChI is InChI=1S/C21H25NO2S.C2H5NO/c1-21(23)10-4-9-18-17(21)12-19(24-18)25-22-20-15-7-2-5-13(15)11-14-6-3-8-16(14)20;1-2(3)4/h11-12,22-23H,2-10H2,1H3;1H3,(H2,3,4). The van der Waals surface area contributed by atoms with E-state index in [1.807, 2.05) is 13.0 Å². The predicted molar refractivity (Wildman–Crippen MR) is 116 cm³/mol. The lowest BCUT2D eigenvalue weighted by Gasteiger charge is -2.26. The summed E-state index contributed by atoms with van der Waals surface area (Å²) in [6, 6.07) is 4.50. The molecule has 0 saturated carbocycles. The summed E-state index contributed by atoms with van der Waals surface area (Å²) in [7, 11) is 0. The van der Waals surface area contributed by atoms with E-state index in [-0.39, 0.29) is 5.91 Å². The van der Waals surface area contributed by atoms with E-state index >= 15 is 0 Å². The van der Waals surface area contributed by atoms with Gasteiger partial charge < -0.3 is 20.0 Å². The van der Waals surface area contributed by atoms with Crippen molar-refractivity contribution in [1.82, 2.24) is 0 Å². The molecule has 3 aliphatic carbocycles. The Balaban J connectivity index is 0.000000472. The Bertz CT molecular complexity index is 896. The minimum Gasteiger partial charge on any atom is -0.453 e. The van der Waals surface area contributed by atoms with Crippen LogP contribution < -0.4 is 10.5 Å². The van der Waals surface area contributed by atoms with Crippen LogP contribution in [0.3, 0.4) is 0 Å². The molecule has 1 amide bonds. The van der Waals surface area contributed by atoms with Crippen molar-refractivity contribution in [3.05, 3.63) is 45.7 Å². The van der Waals surface area contributed by atoms with Crippen LogP contribution in [0.1, 0.15) is 73.1 Å². The highest BCUT2D eigenvalue weighted by Gasteiger charge is 2.33. The predicted octanol–water partition coefficient (Wildman–Crippen LogP) is 4.41. The van der Waals surface area contributed by atoms with Crippen LogP contribution in [0.4, 0.5) is 5.69 Å². The van der Waals surface area contributed by atoms with Crippen molar-refractivity contribution >= 4 is 23.5 Å². The van der Waals surface area contributed by atoms with Crippen LogP contribution in [0.15, 0.2) is 21.6 Å². The van der Waals surface area contributed by atoms with E-state index < -0.39 is 5.60 Å². The van der Waals surface area contributed by atoms with Crippen LogP contribution >= 0.6 is 11.9 Å². The van der Waals surface area contributed by atoms with Crippen LogP contribution in [-0.4, -0.2) is 11.0 Å². The van der Waals surface area contributed by atoms with Crippen molar-refractivity contribution in [2.75, 3.05) is 4.72 Å². The molecule has 1 aromatic carbocycles. The maximum Gasteiger partial charge on any atom is 0.214 e. The molecule has 5 rings (SSSR count). The second kappa shape index (κ2) is 8.07.